The molecule has 0 saturated carbocycles. The van der Waals surface area contributed by atoms with Crippen LogP contribution in [-0.2, 0) is 20.6 Å². The number of rotatable bonds is 9. The van der Waals surface area contributed by atoms with Gasteiger partial charge in [-0.2, -0.15) is 0 Å². The van der Waals surface area contributed by atoms with Gasteiger partial charge in [0, 0.05) is 32.7 Å². The molecular weight excluding hydrogens is 560 g/mol. The minimum absolute atomic E-state index is 0.0333. The lowest BCUT2D eigenvalue weighted by atomic mass is 9.67. The smallest absolute Gasteiger partial charge is 0.135 e. The largest absolute Gasteiger partial charge is 0.492 e. The maximum absolute atomic E-state index is 7.44. The average Bonchev–Trinajstić information content (AvgIpc) is 3.02. The van der Waals surface area contributed by atoms with Crippen molar-refractivity contribution in [2.75, 3.05) is 46.2 Å². The van der Waals surface area contributed by atoms with Crippen LogP contribution in [0, 0.1) is 16.2 Å². The third-order valence-corrected chi connectivity index (χ3v) is 10.3. The Morgan fingerprint density at radius 1 is 0.644 bits per heavy atom. The van der Waals surface area contributed by atoms with Gasteiger partial charge in [-0.25, -0.2) is 0 Å². The second-order valence-electron chi connectivity index (χ2n) is 14.5. The van der Waals surface area contributed by atoms with Crippen LogP contribution >= 0.6 is 0 Å². The Morgan fingerprint density at radius 2 is 1.27 bits per heavy atom. The Morgan fingerprint density at radius 3 is 1.89 bits per heavy atom. The maximum atomic E-state index is 7.44. The normalized spacial score (nSPS) is 19.7. The monoisotopic (exact) mass is 602 g/mol. The van der Waals surface area contributed by atoms with E-state index < -0.39 is 0 Å². The zero-order valence-corrected chi connectivity index (χ0v) is 26.8. The van der Waals surface area contributed by atoms with E-state index in [0.29, 0.717) is 33.0 Å². The van der Waals surface area contributed by atoms with Crippen LogP contribution in [0.3, 0.4) is 0 Å². The van der Waals surface area contributed by atoms with Crippen LogP contribution in [0.4, 0.5) is 0 Å². The second kappa shape index (κ2) is 10.7. The molecule has 0 bridgehead atoms. The summed E-state index contributed by atoms with van der Waals surface area (Å²) in [5.74, 6) is 1.89. The Labute approximate surface area is 265 Å². The first-order valence-electron chi connectivity index (χ1n) is 16.3. The molecule has 0 aliphatic carbocycles. The van der Waals surface area contributed by atoms with E-state index in [9.17, 15) is 0 Å². The molecule has 5 aromatic rings. The number of hydrogen-bond acceptors (Lipinski definition) is 5. The highest BCUT2D eigenvalue weighted by molar-refractivity contribution is 6.19. The van der Waals surface area contributed by atoms with Crippen molar-refractivity contribution in [2.24, 2.45) is 16.2 Å². The topological polar surface area (TPSA) is 46.2 Å². The molecule has 5 heteroatoms. The van der Waals surface area contributed by atoms with Crippen LogP contribution in [0.5, 0.6) is 11.5 Å². The molecule has 3 fully saturated rings. The summed E-state index contributed by atoms with van der Waals surface area (Å²) in [5, 5.41) is 6.95. The number of benzene rings is 5. The van der Waals surface area contributed by atoms with Crippen LogP contribution < -0.4 is 9.47 Å². The van der Waals surface area contributed by atoms with Crippen LogP contribution in [0.25, 0.3) is 43.4 Å². The molecule has 0 amide bonds. The third kappa shape index (κ3) is 4.62. The van der Waals surface area contributed by atoms with Crippen molar-refractivity contribution in [2.45, 2.75) is 40.2 Å². The number of aryl methyl sites for hydroxylation is 1. The van der Waals surface area contributed by atoms with Gasteiger partial charge >= 0.3 is 0 Å². The van der Waals surface area contributed by atoms with Crippen molar-refractivity contribution in [1.29, 1.82) is 0 Å². The van der Waals surface area contributed by atoms with Crippen molar-refractivity contribution < 1.29 is 23.7 Å². The fraction of sp³-hybridized carbons (Fsp3) is 0.400. The highest BCUT2D eigenvalue weighted by Gasteiger charge is 2.55. The lowest BCUT2D eigenvalue weighted by Gasteiger charge is -2.54. The summed E-state index contributed by atoms with van der Waals surface area (Å²) < 4.78 is 31.4. The Hall–Kier alpha value is -3.64. The Bertz CT molecular complexity index is 1890. The van der Waals surface area contributed by atoms with Crippen LogP contribution in [0.15, 0.2) is 78.9 Å². The van der Waals surface area contributed by atoms with E-state index >= 15 is 0 Å². The highest BCUT2D eigenvalue weighted by Crippen LogP contribution is 2.52. The molecule has 5 nitrogen and oxygen atoms in total. The number of hydrogen-bond donors (Lipinski definition) is 0. The molecule has 0 spiro atoms. The van der Waals surface area contributed by atoms with Crippen molar-refractivity contribution in [1.82, 2.24) is 0 Å². The van der Waals surface area contributed by atoms with Crippen LogP contribution in [0.1, 0.15) is 33.3 Å². The minimum Gasteiger partial charge on any atom is -0.492 e. The summed E-state index contributed by atoms with van der Waals surface area (Å²) in [7, 11) is 0. The first-order chi connectivity index (χ1) is 21.8. The molecule has 0 N–H and O–H groups in total. The standard InChI is InChI=1S/C40H42O5/c1-5-26-12-10-16-31-33(26)34(29-14-8-9-15-30(29)35(31)44-21-38(2)19-41-20-38)32-18-17-27-11-6-7-13-28(27)36(32)45-37(39(3)22-42-23-39)40(4)24-43-25-40/h6-18,37H,5,19-25H2,1-4H3. The van der Waals surface area contributed by atoms with Gasteiger partial charge in [0.05, 0.1) is 57.1 Å². The zero-order chi connectivity index (χ0) is 30.8. The lowest BCUT2D eigenvalue weighted by Crippen LogP contribution is -2.63. The van der Waals surface area contributed by atoms with Crippen molar-refractivity contribution in [3.8, 4) is 22.6 Å². The van der Waals surface area contributed by atoms with Crippen molar-refractivity contribution >= 4 is 32.3 Å². The van der Waals surface area contributed by atoms with E-state index in [4.69, 9.17) is 23.7 Å². The van der Waals surface area contributed by atoms with E-state index in [0.717, 1.165) is 52.9 Å². The van der Waals surface area contributed by atoms with Crippen molar-refractivity contribution in [3.05, 3.63) is 84.4 Å². The molecule has 3 aliphatic heterocycles. The molecule has 3 heterocycles. The lowest BCUT2D eigenvalue weighted by molar-refractivity contribution is -0.236. The summed E-state index contributed by atoms with van der Waals surface area (Å²) in [6.07, 6.45) is 0.846. The summed E-state index contributed by atoms with van der Waals surface area (Å²) in [4.78, 5) is 0. The van der Waals surface area contributed by atoms with Gasteiger partial charge in [-0.15, -0.1) is 0 Å². The first kappa shape index (κ1) is 28.8. The molecule has 5 aromatic carbocycles. The fourth-order valence-corrected chi connectivity index (χ4v) is 7.73. The molecule has 3 aliphatic rings. The second-order valence-corrected chi connectivity index (χ2v) is 14.5. The minimum atomic E-state index is -0.0928. The summed E-state index contributed by atoms with van der Waals surface area (Å²) in [6.45, 7) is 13.9. The molecule has 232 valence electrons. The van der Waals surface area contributed by atoms with Gasteiger partial charge in [0.25, 0.3) is 0 Å². The molecule has 8 rings (SSSR count). The maximum Gasteiger partial charge on any atom is 0.135 e. The predicted molar refractivity (Wildman–Crippen MR) is 180 cm³/mol. The van der Waals surface area contributed by atoms with Gasteiger partial charge in [-0.1, -0.05) is 100 Å². The van der Waals surface area contributed by atoms with Crippen molar-refractivity contribution in [3.63, 3.8) is 0 Å². The van der Waals surface area contributed by atoms with E-state index in [-0.39, 0.29) is 22.3 Å². The molecular formula is C40H42O5. The number of fused-ring (bicyclic) bond motifs is 3. The summed E-state index contributed by atoms with van der Waals surface area (Å²) in [6, 6.07) is 28.5. The van der Waals surface area contributed by atoms with Gasteiger partial charge in [0.1, 0.15) is 17.6 Å². The van der Waals surface area contributed by atoms with Crippen LogP contribution in [0.2, 0.25) is 0 Å². The van der Waals surface area contributed by atoms with Crippen LogP contribution in [-0.4, -0.2) is 52.4 Å². The molecule has 3 saturated heterocycles. The quantitative estimate of drug-likeness (QED) is 0.158. The van der Waals surface area contributed by atoms with Gasteiger partial charge in [-0.05, 0) is 34.2 Å². The Kier molecular flexibility index (Phi) is 6.86. The van der Waals surface area contributed by atoms with E-state index in [1.165, 1.54) is 27.3 Å². The predicted octanol–water partition coefficient (Wildman–Crippen LogP) is 8.61. The van der Waals surface area contributed by atoms with E-state index in [2.05, 4.69) is 107 Å². The first-order valence-corrected chi connectivity index (χ1v) is 16.3. The van der Waals surface area contributed by atoms with E-state index in [1.807, 2.05) is 0 Å². The molecule has 45 heavy (non-hydrogen) atoms. The van der Waals surface area contributed by atoms with Gasteiger partial charge in [0.2, 0.25) is 0 Å². The molecule has 0 aromatic heterocycles. The third-order valence-electron chi connectivity index (χ3n) is 10.3. The average molecular weight is 603 g/mol. The molecule has 0 unspecified atom stereocenters. The fourth-order valence-electron chi connectivity index (χ4n) is 7.73. The highest BCUT2D eigenvalue weighted by atomic mass is 16.5. The van der Waals surface area contributed by atoms with Gasteiger partial charge in [-0.3, -0.25) is 0 Å². The number of ether oxygens (including phenoxy) is 5. The SMILES string of the molecule is CCc1cccc2c(OCC3(C)COC3)c3ccccc3c(-c3ccc4ccccc4c3OC(C3(C)COC3)C3(C)COC3)c12. The Balaban J connectivity index is 1.40. The zero-order valence-electron chi connectivity index (χ0n) is 26.8. The van der Waals surface area contributed by atoms with E-state index in [1.54, 1.807) is 0 Å². The molecule has 0 atom stereocenters. The van der Waals surface area contributed by atoms with Gasteiger partial charge in [0.15, 0.2) is 0 Å². The molecule has 0 radical (unpaired) electrons. The summed E-state index contributed by atoms with van der Waals surface area (Å²) in [5.41, 5.74) is 3.46. The summed E-state index contributed by atoms with van der Waals surface area (Å²) >= 11 is 0. The van der Waals surface area contributed by atoms with Gasteiger partial charge < -0.3 is 23.7 Å².